The first-order chi connectivity index (χ1) is 19.3. The van der Waals surface area contributed by atoms with Crippen LogP contribution in [0.25, 0.3) is 33.3 Å². The van der Waals surface area contributed by atoms with Crippen LogP contribution in [0.1, 0.15) is 21.5 Å². The number of nitro groups is 1. The van der Waals surface area contributed by atoms with E-state index < -0.39 is 10.9 Å². The highest BCUT2D eigenvalue weighted by molar-refractivity contribution is 6.08. The molecular weight excluding hydrogens is 502 g/mol. The van der Waals surface area contributed by atoms with Crippen molar-refractivity contribution in [2.45, 2.75) is 0 Å². The molecule has 0 aliphatic carbocycles. The van der Waals surface area contributed by atoms with Crippen molar-refractivity contribution >= 4 is 45.2 Å². The molecule has 0 aromatic heterocycles. The molecule has 0 amide bonds. The van der Waals surface area contributed by atoms with Crippen molar-refractivity contribution in [2.24, 2.45) is 0 Å². The summed E-state index contributed by atoms with van der Waals surface area (Å²) in [7, 11) is 0. The van der Waals surface area contributed by atoms with Crippen molar-refractivity contribution in [3.8, 4) is 11.1 Å². The Balaban J connectivity index is 1.26. The van der Waals surface area contributed by atoms with Crippen LogP contribution in [-0.4, -0.2) is 16.0 Å². The highest BCUT2D eigenvalue weighted by Gasteiger charge is 2.12. The third-order valence-electron chi connectivity index (χ3n) is 6.61. The fourth-order valence-electron chi connectivity index (χ4n) is 4.47. The van der Waals surface area contributed by atoms with Gasteiger partial charge < -0.3 is 15.7 Å². The maximum atomic E-state index is 11.6. The van der Waals surface area contributed by atoms with Gasteiger partial charge in [-0.2, -0.15) is 0 Å². The van der Waals surface area contributed by atoms with Crippen molar-refractivity contribution < 1.29 is 14.8 Å². The van der Waals surface area contributed by atoms with Crippen molar-refractivity contribution in [3.05, 3.63) is 149 Å². The molecule has 5 rings (SSSR count). The number of carboxylic acid groups (broad SMARTS) is 1. The normalized spacial score (nSPS) is 10.6. The van der Waals surface area contributed by atoms with Gasteiger partial charge in [0.2, 0.25) is 0 Å². The van der Waals surface area contributed by atoms with E-state index in [2.05, 4.69) is 23.8 Å². The Hall–Kier alpha value is -5.69. The van der Waals surface area contributed by atoms with Gasteiger partial charge >= 0.3 is 5.97 Å². The number of rotatable bonds is 9. The van der Waals surface area contributed by atoms with E-state index in [1.54, 1.807) is 30.3 Å². The summed E-state index contributed by atoms with van der Waals surface area (Å²) in [6.45, 7) is 8.23. The highest BCUT2D eigenvalue weighted by atomic mass is 16.6. The summed E-state index contributed by atoms with van der Waals surface area (Å²) in [6, 6.07) is 32.9. The van der Waals surface area contributed by atoms with Gasteiger partial charge in [0.05, 0.1) is 10.5 Å². The van der Waals surface area contributed by atoms with Gasteiger partial charge in [-0.3, -0.25) is 10.1 Å². The summed E-state index contributed by atoms with van der Waals surface area (Å²) in [5.74, 6) is -0.963. The van der Waals surface area contributed by atoms with Crippen LogP contribution in [0, 0.1) is 10.1 Å². The molecule has 40 heavy (non-hydrogen) atoms. The van der Waals surface area contributed by atoms with Crippen LogP contribution in [0.2, 0.25) is 0 Å². The molecule has 7 nitrogen and oxygen atoms in total. The summed E-state index contributed by atoms with van der Waals surface area (Å²) in [6.07, 6.45) is 0. The number of hydrogen-bond donors (Lipinski definition) is 3. The third kappa shape index (κ3) is 5.44. The monoisotopic (exact) mass is 527 g/mol. The minimum Gasteiger partial charge on any atom is -0.478 e. The van der Waals surface area contributed by atoms with E-state index in [-0.39, 0.29) is 11.3 Å². The number of nitrogens with one attached hydrogen (secondary N) is 2. The molecule has 0 aliphatic heterocycles. The van der Waals surface area contributed by atoms with Crippen LogP contribution in [-0.2, 0) is 0 Å². The van der Waals surface area contributed by atoms with Crippen LogP contribution < -0.4 is 10.6 Å². The van der Waals surface area contributed by atoms with E-state index in [4.69, 9.17) is 0 Å². The third-order valence-corrected chi connectivity index (χ3v) is 6.61. The second-order valence-electron chi connectivity index (χ2n) is 9.18. The zero-order chi connectivity index (χ0) is 28.2. The number of nitro benzene ring substituents is 1. The Morgan fingerprint density at radius 2 is 1.20 bits per heavy atom. The fraction of sp³-hybridized carbons (Fsp3) is 0. The van der Waals surface area contributed by atoms with E-state index in [9.17, 15) is 20.0 Å². The van der Waals surface area contributed by atoms with Crippen molar-refractivity contribution in [3.63, 3.8) is 0 Å². The van der Waals surface area contributed by atoms with Gasteiger partial charge in [-0.05, 0) is 64.0 Å². The number of benzene rings is 5. The van der Waals surface area contributed by atoms with Gasteiger partial charge in [-0.1, -0.05) is 73.8 Å². The van der Waals surface area contributed by atoms with Crippen LogP contribution in [0.3, 0.4) is 0 Å². The Morgan fingerprint density at radius 3 is 1.77 bits per heavy atom. The molecular formula is C33H25N3O4. The number of hydrogen-bond acceptors (Lipinski definition) is 5. The largest absolute Gasteiger partial charge is 0.478 e. The lowest BCUT2D eigenvalue weighted by atomic mass is 10.0. The van der Waals surface area contributed by atoms with Gasteiger partial charge in [0.15, 0.2) is 0 Å². The second kappa shape index (κ2) is 11.0. The van der Waals surface area contributed by atoms with Crippen molar-refractivity contribution in [1.82, 2.24) is 0 Å². The lowest BCUT2D eigenvalue weighted by Gasteiger charge is -2.14. The van der Waals surface area contributed by atoms with E-state index in [0.29, 0.717) is 16.8 Å². The Kier molecular flexibility index (Phi) is 7.11. The van der Waals surface area contributed by atoms with Crippen molar-refractivity contribution in [1.29, 1.82) is 0 Å². The van der Waals surface area contributed by atoms with Crippen LogP contribution in [0.15, 0.2) is 122 Å². The lowest BCUT2D eigenvalue weighted by Crippen LogP contribution is -2.02. The number of nitrogens with zero attached hydrogens (tertiary/aromatic N) is 1. The molecule has 0 bridgehead atoms. The van der Waals surface area contributed by atoms with Crippen LogP contribution in [0.4, 0.5) is 17.1 Å². The Bertz CT molecular complexity index is 1760. The molecule has 0 heterocycles. The molecule has 5 aromatic carbocycles. The number of carbonyl (C=O) groups is 1. The average molecular weight is 528 g/mol. The maximum Gasteiger partial charge on any atom is 0.336 e. The average Bonchev–Trinajstić information content (AvgIpc) is 2.97. The topological polar surface area (TPSA) is 104 Å². The Labute approximate surface area is 230 Å². The van der Waals surface area contributed by atoms with Crippen LogP contribution >= 0.6 is 0 Å². The molecule has 0 aliphatic rings. The minimum atomic E-state index is -0.963. The fourth-order valence-corrected chi connectivity index (χ4v) is 4.47. The zero-order valence-corrected chi connectivity index (χ0v) is 21.4. The quantitative estimate of drug-likeness (QED) is 0.132. The zero-order valence-electron chi connectivity index (χ0n) is 21.4. The molecule has 0 saturated carbocycles. The van der Waals surface area contributed by atoms with E-state index in [1.165, 1.54) is 12.1 Å². The number of anilines is 2. The number of non-ortho nitro benzene ring substituents is 1. The highest BCUT2D eigenvalue weighted by Crippen LogP contribution is 2.30. The number of aromatic carboxylic acids is 1. The van der Waals surface area contributed by atoms with Crippen molar-refractivity contribution in [2.75, 3.05) is 10.6 Å². The predicted octanol–water partition coefficient (Wildman–Crippen LogP) is 8.28. The van der Waals surface area contributed by atoms with Gasteiger partial charge in [0, 0.05) is 40.3 Å². The maximum absolute atomic E-state index is 11.6. The summed E-state index contributed by atoms with van der Waals surface area (Å²) in [4.78, 5) is 22.0. The number of carboxylic acids is 1. The summed E-state index contributed by atoms with van der Waals surface area (Å²) < 4.78 is 0. The Morgan fingerprint density at radius 1 is 0.675 bits per heavy atom. The van der Waals surface area contributed by atoms with Gasteiger partial charge in [0.1, 0.15) is 0 Å². The van der Waals surface area contributed by atoms with Crippen LogP contribution in [0.5, 0.6) is 0 Å². The van der Waals surface area contributed by atoms with E-state index in [0.717, 1.165) is 39.0 Å². The summed E-state index contributed by atoms with van der Waals surface area (Å²) in [5.41, 5.74) is 7.02. The first-order valence-corrected chi connectivity index (χ1v) is 12.4. The molecule has 0 unspecified atom stereocenters. The molecule has 0 saturated heterocycles. The SMILES string of the molecule is C=C(Nc1ccc(-c2ccc(C(=C)Nc3ccc(C(=O)O)c4ccccc34)cc2)cc1)c1ccc([N+](=O)[O-])cc1. The van der Waals surface area contributed by atoms with Gasteiger partial charge in [-0.25, -0.2) is 4.79 Å². The molecule has 0 fully saturated rings. The molecule has 3 N–H and O–H groups in total. The smallest absolute Gasteiger partial charge is 0.336 e. The van der Waals surface area contributed by atoms with Gasteiger partial charge in [-0.15, -0.1) is 0 Å². The first kappa shape index (κ1) is 25.9. The van der Waals surface area contributed by atoms with E-state index >= 15 is 0 Å². The number of fused-ring (bicyclic) bond motifs is 1. The van der Waals surface area contributed by atoms with E-state index in [1.807, 2.05) is 66.7 Å². The first-order valence-electron chi connectivity index (χ1n) is 12.4. The molecule has 7 heteroatoms. The molecule has 0 spiro atoms. The lowest BCUT2D eigenvalue weighted by molar-refractivity contribution is -0.384. The summed E-state index contributed by atoms with van der Waals surface area (Å²) in [5, 5.41) is 28.4. The minimum absolute atomic E-state index is 0.0363. The standard InChI is InChI=1S/C33H25N3O4/c1-21(24-13-17-28(18-14-24)36(39)40)34-27-15-11-26(12-16-27)25-9-7-23(8-10-25)22(2)35-32-20-19-31(33(37)38)29-5-3-4-6-30(29)32/h3-20,34-35H,1-2H2,(H,37,38). The molecule has 0 atom stereocenters. The summed E-state index contributed by atoms with van der Waals surface area (Å²) >= 11 is 0. The molecule has 196 valence electrons. The molecule has 5 aromatic rings. The molecule has 0 radical (unpaired) electrons. The van der Waals surface area contributed by atoms with Gasteiger partial charge in [0.25, 0.3) is 5.69 Å². The second-order valence-corrected chi connectivity index (χ2v) is 9.18. The predicted molar refractivity (Wildman–Crippen MR) is 161 cm³/mol.